The summed E-state index contributed by atoms with van der Waals surface area (Å²) in [7, 11) is 0. The fraction of sp³-hybridized carbons (Fsp3) is 0.0769. The van der Waals surface area contributed by atoms with Gasteiger partial charge in [-0.25, -0.2) is 0 Å². The monoisotopic (exact) mass is 466 g/mol. The van der Waals surface area contributed by atoms with Gasteiger partial charge in [0.2, 0.25) is 0 Å². The topological polar surface area (TPSA) is 0 Å². The van der Waals surface area contributed by atoms with Crippen LogP contribution in [0.4, 0.5) is 0 Å². The van der Waals surface area contributed by atoms with E-state index in [2.05, 4.69) is 0 Å². The minimum Gasteiger partial charge on any atom is -0.111 e. The van der Waals surface area contributed by atoms with E-state index in [1.54, 1.807) is 0 Å². The van der Waals surface area contributed by atoms with Crippen molar-refractivity contribution in [3.05, 3.63) is 60.9 Å². The summed E-state index contributed by atoms with van der Waals surface area (Å²) in [5.74, 6) is -0.260. The molecule has 0 amide bonds. The Labute approximate surface area is 169 Å². The second kappa shape index (κ2) is 6.99. The summed E-state index contributed by atoms with van der Waals surface area (Å²) in [6.07, 6.45) is 0. The van der Waals surface area contributed by atoms with Gasteiger partial charge in [0.25, 0.3) is 0 Å². The Hall–Kier alpha value is 0.840. The van der Waals surface area contributed by atoms with Crippen molar-refractivity contribution in [1.82, 2.24) is 0 Å². The van der Waals surface area contributed by atoms with Crippen molar-refractivity contribution in [1.29, 1.82) is 0 Å². The lowest BCUT2D eigenvalue weighted by molar-refractivity contribution is 1.00. The third kappa shape index (κ3) is 3.44. The second-order valence-corrected chi connectivity index (χ2v) is 11.1. The molecule has 9 heteroatoms. The van der Waals surface area contributed by atoms with E-state index in [9.17, 15) is 0 Å². The van der Waals surface area contributed by atoms with Crippen LogP contribution in [0.15, 0.2) is 18.2 Å². The summed E-state index contributed by atoms with van der Waals surface area (Å²) >= 11 is 41.2. The molecule has 0 aliphatic heterocycles. The molecule has 22 heavy (non-hydrogen) atoms. The van der Waals surface area contributed by atoms with Crippen LogP contribution in [0, 0.1) is 0 Å². The van der Waals surface area contributed by atoms with Crippen LogP contribution in [0.2, 0.25) is 26.0 Å². The molecule has 0 N–H and O–H groups in total. The van der Waals surface area contributed by atoms with Gasteiger partial charge in [-0.15, -0.1) is 34.0 Å². The van der Waals surface area contributed by atoms with Gasteiger partial charge in [0.1, 0.15) is 0 Å². The van der Waals surface area contributed by atoms with Crippen LogP contribution in [0.3, 0.4) is 0 Å². The maximum Gasteiger partial charge on any atom is 0.0985 e. The first-order valence-electron chi connectivity index (χ1n) is 5.71. The lowest BCUT2D eigenvalue weighted by Crippen LogP contribution is -2.01. The minimum absolute atomic E-state index is 0.260. The van der Waals surface area contributed by atoms with E-state index in [4.69, 9.17) is 69.6 Å². The van der Waals surface area contributed by atoms with Crippen molar-refractivity contribution >= 4 is 104 Å². The number of rotatable bonds is 3. The average Bonchev–Trinajstić information content (AvgIpc) is 3.02. The number of thiophene rings is 3. The van der Waals surface area contributed by atoms with E-state index >= 15 is 0 Å². The van der Waals surface area contributed by atoms with E-state index in [1.807, 2.05) is 18.2 Å². The van der Waals surface area contributed by atoms with Crippen LogP contribution < -0.4 is 0 Å². The van der Waals surface area contributed by atoms with Crippen LogP contribution in [-0.2, 0) is 0 Å². The summed E-state index contributed by atoms with van der Waals surface area (Å²) in [5, 5.41) is 0. The molecule has 0 aromatic carbocycles. The van der Waals surface area contributed by atoms with Crippen molar-refractivity contribution in [3.63, 3.8) is 0 Å². The third-order valence-corrected chi connectivity index (χ3v) is 7.54. The van der Waals surface area contributed by atoms with E-state index < -0.39 is 0 Å². The van der Waals surface area contributed by atoms with E-state index in [0.29, 0.717) is 26.0 Å². The quantitative estimate of drug-likeness (QED) is 0.359. The molecular formula is C13H4Cl6S3. The van der Waals surface area contributed by atoms with Gasteiger partial charge >= 0.3 is 0 Å². The van der Waals surface area contributed by atoms with Gasteiger partial charge in [-0.3, -0.25) is 0 Å². The molecule has 0 bridgehead atoms. The number of hydrogen-bond acceptors (Lipinski definition) is 3. The van der Waals surface area contributed by atoms with Gasteiger partial charge < -0.3 is 0 Å². The maximum atomic E-state index is 6.35. The normalized spacial score (nSPS) is 11.6. The van der Waals surface area contributed by atoms with E-state index in [1.165, 1.54) is 34.0 Å². The smallest absolute Gasteiger partial charge is 0.0985 e. The van der Waals surface area contributed by atoms with Gasteiger partial charge in [0, 0.05) is 5.92 Å². The molecule has 116 valence electrons. The number of halogens is 6. The molecule has 3 aromatic rings. The second-order valence-electron chi connectivity index (χ2n) is 4.27. The largest absolute Gasteiger partial charge is 0.111 e. The molecule has 0 unspecified atom stereocenters. The fourth-order valence-corrected chi connectivity index (χ4v) is 6.75. The van der Waals surface area contributed by atoms with Gasteiger partial charge in [-0.2, -0.15) is 0 Å². The van der Waals surface area contributed by atoms with Crippen LogP contribution >= 0.6 is 104 Å². The van der Waals surface area contributed by atoms with Crippen molar-refractivity contribution < 1.29 is 0 Å². The highest BCUT2D eigenvalue weighted by Crippen LogP contribution is 2.50. The third-order valence-electron chi connectivity index (χ3n) is 2.98. The fourth-order valence-electron chi connectivity index (χ4n) is 2.15. The molecule has 0 saturated carbocycles. The first kappa shape index (κ1) is 17.7. The summed E-state index contributed by atoms with van der Waals surface area (Å²) in [5.41, 5.74) is 2.51. The Morgan fingerprint density at radius 3 is 1.00 bits per heavy atom. The highest BCUT2D eigenvalue weighted by molar-refractivity contribution is 7.21. The molecule has 0 fully saturated rings. The molecule has 0 nitrogen and oxygen atoms in total. The summed E-state index contributed by atoms with van der Waals surface area (Å²) in [4.78, 5) is 0. The lowest BCUT2D eigenvalue weighted by atomic mass is 9.90. The van der Waals surface area contributed by atoms with Crippen molar-refractivity contribution in [2.24, 2.45) is 0 Å². The van der Waals surface area contributed by atoms with Crippen molar-refractivity contribution in [2.45, 2.75) is 5.92 Å². The lowest BCUT2D eigenvalue weighted by Gasteiger charge is -2.16. The van der Waals surface area contributed by atoms with Gasteiger partial charge in [0.15, 0.2) is 0 Å². The molecule has 0 radical (unpaired) electrons. The zero-order valence-corrected chi connectivity index (χ0v) is 17.3. The van der Waals surface area contributed by atoms with Crippen molar-refractivity contribution in [2.75, 3.05) is 0 Å². The summed E-state index contributed by atoms with van der Waals surface area (Å²) < 4.78 is 3.56. The Balaban J connectivity index is 2.25. The molecule has 3 rings (SSSR count). The summed E-state index contributed by atoms with van der Waals surface area (Å²) in [6, 6.07) is 5.47. The molecule has 0 saturated heterocycles. The molecule has 3 aromatic heterocycles. The zero-order valence-electron chi connectivity index (χ0n) is 10.3. The highest BCUT2D eigenvalue weighted by Gasteiger charge is 2.28. The summed E-state index contributed by atoms with van der Waals surface area (Å²) in [6.45, 7) is 0. The van der Waals surface area contributed by atoms with Crippen LogP contribution in [-0.4, -0.2) is 0 Å². The Morgan fingerprint density at radius 1 is 0.545 bits per heavy atom. The first-order chi connectivity index (χ1) is 10.4. The van der Waals surface area contributed by atoms with Gasteiger partial charge in [-0.05, 0) is 34.9 Å². The Kier molecular flexibility index (Phi) is 5.61. The molecule has 0 aliphatic rings. The van der Waals surface area contributed by atoms with Crippen LogP contribution in [0.25, 0.3) is 0 Å². The zero-order chi connectivity index (χ0) is 16.0. The molecule has 0 atom stereocenters. The predicted molar refractivity (Wildman–Crippen MR) is 104 cm³/mol. The predicted octanol–water partition coefficient (Wildman–Crippen LogP) is 8.97. The SMILES string of the molecule is Clc1cc(C(c2cc(Cl)sc2Cl)c2cc(Cl)sc2Cl)c(Cl)s1. The van der Waals surface area contributed by atoms with Crippen LogP contribution in [0.1, 0.15) is 22.6 Å². The molecule has 0 aliphatic carbocycles. The standard InChI is InChI=1S/C13H4Cl6S3/c14-7-1-4(11(17)20-7)10(5-2-8(15)21-12(5)18)6-3-9(16)22-13(6)19/h1-3,10H. The van der Waals surface area contributed by atoms with Gasteiger partial charge in [-0.1, -0.05) is 69.6 Å². The Bertz CT molecular complexity index is 721. The van der Waals surface area contributed by atoms with Gasteiger partial charge in [0.05, 0.1) is 26.0 Å². The molecular weight excluding hydrogens is 465 g/mol. The number of hydrogen-bond donors (Lipinski definition) is 0. The first-order valence-corrected chi connectivity index (χ1v) is 10.4. The van der Waals surface area contributed by atoms with E-state index in [-0.39, 0.29) is 5.92 Å². The van der Waals surface area contributed by atoms with Crippen molar-refractivity contribution in [3.8, 4) is 0 Å². The highest BCUT2D eigenvalue weighted by atomic mass is 35.5. The van der Waals surface area contributed by atoms with Crippen LogP contribution in [0.5, 0.6) is 0 Å². The van der Waals surface area contributed by atoms with E-state index in [0.717, 1.165) is 16.7 Å². The maximum absolute atomic E-state index is 6.35. The Morgan fingerprint density at radius 2 is 0.818 bits per heavy atom. The molecule has 3 heterocycles. The minimum atomic E-state index is -0.260. The average molecular weight is 469 g/mol. The molecule has 0 spiro atoms.